The topological polar surface area (TPSA) is 0 Å². The Kier molecular flexibility index (Phi) is 7.65. The summed E-state index contributed by atoms with van der Waals surface area (Å²) in [4.78, 5) is 0. The van der Waals surface area contributed by atoms with Crippen LogP contribution in [-0.4, -0.2) is 0 Å². The average Bonchev–Trinajstić information content (AvgIpc) is 2.68. The van der Waals surface area contributed by atoms with Crippen LogP contribution in [-0.2, 0) is 6.42 Å². The van der Waals surface area contributed by atoms with Crippen LogP contribution >= 0.6 is 0 Å². The molecule has 0 saturated carbocycles. The molecule has 2 rings (SSSR count). The summed E-state index contributed by atoms with van der Waals surface area (Å²) in [6.07, 6.45) is 5.15. The van der Waals surface area contributed by atoms with Crippen molar-refractivity contribution in [3.05, 3.63) is 94.6 Å². The average molecular weight is 369 g/mol. The van der Waals surface area contributed by atoms with Crippen molar-refractivity contribution in [2.75, 3.05) is 0 Å². The zero-order valence-corrected chi connectivity index (χ0v) is 18.1. The normalized spacial score (nSPS) is 11.0. The second-order valence-electron chi connectivity index (χ2n) is 7.32. The second kappa shape index (κ2) is 9.95. The Bertz CT molecular complexity index is 971. The Morgan fingerprint density at radius 3 is 2.36 bits per heavy atom. The lowest BCUT2D eigenvalue weighted by Crippen LogP contribution is -1.98. The van der Waals surface area contributed by atoms with Crippen molar-refractivity contribution >= 4 is 11.1 Å². The van der Waals surface area contributed by atoms with Gasteiger partial charge in [-0.1, -0.05) is 81.3 Å². The summed E-state index contributed by atoms with van der Waals surface area (Å²) in [6, 6.07) is 12.7. The van der Waals surface area contributed by atoms with Gasteiger partial charge in [-0.05, 0) is 78.1 Å². The molecule has 0 heteroatoms. The van der Waals surface area contributed by atoms with Crippen LogP contribution < -0.4 is 0 Å². The molecule has 28 heavy (non-hydrogen) atoms. The quantitative estimate of drug-likeness (QED) is 0.362. The molecular weight excluding hydrogens is 336 g/mol. The highest BCUT2D eigenvalue weighted by atomic mass is 14.2. The zero-order chi connectivity index (χ0) is 20.7. The van der Waals surface area contributed by atoms with Crippen molar-refractivity contribution in [3.63, 3.8) is 0 Å². The molecule has 0 aliphatic heterocycles. The van der Waals surface area contributed by atoms with E-state index >= 15 is 0 Å². The van der Waals surface area contributed by atoms with E-state index in [1.165, 1.54) is 33.4 Å². The standard InChI is InChI=1S/C28H32/c1-8-10-11-16-28-24(7)27(18-17-25(28)9-2)23(6)21(4)19-22(5)26-15-13-12-14-20(26)3/h12-15,17-19H,5-6,8-10H2,1-4,7H3/b21-19+. The Balaban J connectivity index is 2.40. The number of aryl methyl sites for hydroxylation is 2. The third-order valence-electron chi connectivity index (χ3n) is 5.20. The van der Waals surface area contributed by atoms with Gasteiger partial charge in [0.2, 0.25) is 0 Å². The Labute approximate surface area is 171 Å². The first-order valence-electron chi connectivity index (χ1n) is 10.1. The summed E-state index contributed by atoms with van der Waals surface area (Å²) >= 11 is 0. The lowest BCUT2D eigenvalue weighted by Gasteiger charge is -2.15. The Hall–Kier alpha value is -2.78. The SMILES string of the molecule is C=C(/C=C(\C)C(=C)c1ccc(CC)c(C#CCCC)c1C)c1ccccc1C. The Morgan fingerprint density at radius 1 is 1.00 bits per heavy atom. The van der Waals surface area contributed by atoms with Crippen molar-refractivity contribution < 1.29 is 0 Å². The van der Waals surface area contributed by atoms with E-state index in [4.69, 9.17) is 0 Å². The van der Waals surface area contributed by atoms with E-state index in [0.29, 0.717) is 0 Å². The number of hydrogen-bond donors (Lipinski definition) is 0. The second-order valence-corrected chi connectivity index (χ2v) is 7.32. The lowest BCUT2D eigenvalue weighted by atomic mass is 9.89. The van der Waals surface area contributed by atoms with Crippen molar-refractivity contribution in [3.8, 4) is 11.8 Å². The van der Waals surface area contributed by atoms with Gasteiger partial charge in [-0.15, -0.1) is 0 Å². The maximum atomic E-state index is 4.39. The molecule has 0 heterocycles. The molecular formula is C28H32. The van der Waals surface area contributed by atoms with Gasteiger partial charge in [0.25, 0.3) is 0 Å². The van der Waals surface area contributed by atoms with Crippen LogP contribution in [0.2, 0.25) is 0 Å². The molecule has 0 atom stereocenters. The highest BCUT2D eigenvalue weighted by Gasteiger charge is 2.11. The largest absolute Gasteiger partial charge is 0.0979 e. The lowest BCUT2D eigenvalue weighted by molar-refractivity contribution is 0.983. The third kappa shape index (κ3) is 4.93. The fraction of sp³-hybridized carbons (Fsp3) is 0.286. The molecule has 0 fully saturated rings. The fourth-order valence-electron chi connectivity index (χ4n) is 3.41. The maximum absolute atomic E-state index is 4.39. The molecule has 144 valence electrons. The summed E-state index contributed by atoms with van der Waals surface area (Å²) in [5.74, 6) is 6.73. The van der Waals surface area contributed by atoms with Crippen LogP contribution in [0.15, 0.2) is 61.2 Å². The van der Waals surface area contributed by atoms with Gasteiger partial charge in [-0.2, -0.15) is 0 Å². The van der Waals surface area contributed by atoms with Gasteiger partial charge in [-0.25, -0.2) is 0 Å². The first-order chi connectivity index (χ1) is 13.4. The van der Waals surface area contributed by atoms with Crippen LogP contribution in [0.1, 0.15) is 67.0 Å². The molecule has 0 aromatic heterocycles. The molecule has 2 aromatic carbocycles. The molecule has 0 N–H and O–H groups in total. The van der Waals surface area contributed by atoms with E-state index in [0.717, 1.165) is 36.0 Å². The van der Waals surface area contributed by atoms with E-state index in [9.17, 15) is 0 Å². The van der Waals surface area contributed by atoms with Gasteiger partial charge in [0.1, 0.15) is 0 Å². The first-order valence-corrected chi connectivity index (χ1v) is 10.1. The number of hydrogen-bond acceptors (Lipinski definition) is 0. The Morgan fingerprint density at radius 2 is 1.71 bits per heavy atom. The summed E-state index contributed by atoms with van der Waals surface area (Å²) < 4.78 is 0. The van der Waals surface area contributed by atoms with Crippen LogP contribution in [0.4, 0.5) is 0 Å². The smallest absolute Gasteiger partial charge is 0.0312 e. The van der Waals surface area contributed by atoms with Crippen LogP contribution in [0.3, 0.4) is 0 Å². The maximum Gasteiger partial charge on any atom is 0.0312 e. The van der Waals surface area contributed by atoms with Gasteiger partial charge < -0.3 is 0 Å². The molecule has 2 aromatic rings. The van der Waals surface area contributed by atoms with Crippen LogP contribution in [0, 0.1) is 25.7 Å². The molecule has 0 amide bonds. The van der Waals surface area contributed by atoms with Crippen molar-refractivity contribution in [2.45, 2.75) is 53.9 Å². The number of allylic oxidation sites excluding steroid dienone is 4. The summed E-state index contributed by atoms with van der Waals surface area (Å²) in [7, 11) is 0. The third-order valence-corrected chi connectivity index (χ3v) is 5.20. The molecule has 0 bridgehead atoms. The number of rotatable bonds is 6. The van der Waals surface area contributed by atoms with Crippen LogP contribution in [0.25, 0.3) is 11.1 Å². The van der Waals surface area contributed by atoms with Crippen molar-refractivity contribution in [1.29, 1.82) is 0 Å². The molecule has 0 saturated heterocycles. The molecule has 0 aliphatic carbocycles. The van der Waals surface area contributed by atoms with E-state index in [1.54, 1.807) is 0 Å². The molecule has 0 radical (unpaired) electrons. The highest BCUT2D eigenvalue weighted by Crippen LogP contribution is 2.30. The van der Waals surface area contributed by atoms with Gasteiger partial charge in [0.05, 0.1) is 0 Å². The number of unbranched alkanes of at least 4 members (excludes halogenated alkanes) is 1. The predicted octanol–water partition coefficient (Wildman–Crippen LogP) is 7.69. The number of benzene rings is 2. The molecule has 0 spiro atoms. The summed E-state index contributed by atoms with van der Waals surface area (Å²) in [5, 5.41) is 0. The molecule has 0 nitrogen and oxygen atoms in total. The van der Waals surface area contributed by atoms with Gasteiger partial charge in [0.15, 0.2) is 0 Å². The zero-order valence-electron chi connectivity index (χ0n) is 18.1. The van der Waals surface area contributed by atoms with Crippen molar-refractivity contribution in [2.24, 2.45) is 0 Å². The van der Waals surface area contributed by atoms with E-state index in [2.05, 4.69) is 102 Å². The minimum Gasteiger partial charge on any atom is -0.0979 e. The first kappa shape index (κ1) is 21.5. The van der Waals surface area contributed by atoms with Crippen molar-refractivity contribution in [1.82, 2.24) is 0 Å². The molecule has 0 aliphatic rings. The minimum atomic E-state index is 0.933. The van der Waals surface area contributed by atoms with Gasteiger partial charge in [-0.3, -0.25) is 0 Å². The fourth-order valence-corrected chi connectivity index (χ4v) is 3.41. The molecule has 0 unspecified atom stereocenters. The minimum absolute atomic E-state index is 0.933. The summed E-state index contributed by atoms with van der Waals surface area (Å²) in [5.41, 5.74) is 10.5. The van der Waals surface area contributed by atoms with E-state index < -0.39 is 0 Å². The van der Waals surface area contributed by atoms with Gasteiger partial charge in [0, 0.05) is 12.0 Å². The highest BCUT2D eigenvalue weighted by molar-refractivity contribution is 5.85. The predicted molar refractivity (Wildman–Crippen MR) is 125 cm³/mol. The van der Waals surface area contributed by atoms with E-state index in [1.807, 2.05) is 0 Å². The van der Waals surface area contributed by atoms with E-state index in [-0.39, 0.29) is 0 Å². The van der Waals surface area contributed by atoms with Gasteiger partial charge >= 0.3 is 0 Å². The summed E-state index contributed by atoms with van der Waals surface area (Å²) in [6.45, 7) is 19.4. The van der Waals surface area contributed by atoms with Crippen LogP contribution in [0.5, 0.6) is 0 Å². The monoisotopic (exact) mass is 368 g/mol.